The second-order valence-electron chi connectivity index (χ2n) is 6.61. The van der Waals surface area contributed by atoms with Crippen LogP contribution in [-0.4, -0.2) is 33.3 Å². The van der Waals surface area contributed by atoms with Crippen molar-refractivity contribution in [1.29, 1.82) is 0 Å². The summed E-state index contributed by atoms with van der Waals surface area (Å²) in [4.78, 5) is 6.59. The lowest BCUT2D eigenvalue weighted by Gasteiger charge is -2.25. The third kappa shape index (κ3) is 3.83. The third-order valence-corrected chi connectivity index (χ3v) is 5.68. The Morgan fingerprint density at radius 3 is 2.68 bits per heavy atom. The van der Waals surface area contributed by atoms with E-state index in [0.717, 1.165) is 27.3 Å². The lowest BCUT2D eigenvalue weighted by Crippen LogP contribution is -2.30. The van der Waals surface area contributed by atoms with Crippen molar-refractivity contribution in [2.75, 3.05) is 13.2 Å². The van der Waals surface area contributed by atoms with Crippen molar-refractivity contribution in [1.82, 2.24) is 15.2 Å². The van der Waals surface area contributed by atoms with Crippen LogP contribution in [0, 0.1) is 0 Å². The molecular formula is C21H20BrN3O2S. The summed E-state index contributed by atoms with van der Waals surface area (Å²) in [6, 6.07) is 17.6. The van der Waals surface area contributed by atoms with Crippen molar-refractivity contribution in [3.63, 3.8) is 0 Å². The van der Waals surface area contributed by atoms with Gasteiger partial charge in [0.1, 0.15) is 17.6 Å². The van der Waals surface area contributed by atoms with E-state index < -0.39 is 0 Å². The van der Waals surface area contributed by atoms with E-state index in [1.807, 2.05) is 54.6 Å². The second kappa shape index (κ2) is 8.43. The average molecular weight is 458 g/mol. The topological polar surface area (TPSA) is 61.5 Å². The SMILES string of the molecule is OCCCN1C(=S)N[C@H](c2ccccn2)[C@H]1c1ccc(-c2ccc(Br)cc2)o1. The first-order valence-electron chi connectivity index (χ1n) is 9.12. The van der Waals surface area contributed by atoms with Crippen molar-refractivity contribution < 1.29 is 9.52 Å². The maximum absolute atomic E-state index is 9.30. The predicted octanol–water partition coefficient (Wildman–Crippen LogP) is 4.46. The van der Waals surface area contributed by atoms with E-state index in [1.54, 1.807) is 6.20 Å². The molecule has 0 saturated carbocycles. The first-order chi connectivity index (χ1) is 13.7. The molecule has 144 valence electrons. The van der Waals surface area contributed by atoms with Gasteiger partial charge in [0.15, 0.2) is 5.11 Å². The van der Waals surface area contributed by atoms with E-state index in [1.165, 1.54) is 0 Å². The van der Waals surface area contributed by atoms with Gasteiger partial charge in [0.25, 0.3) is 0 Å². The molecule has 5 nitrogen and oxygen atoms in total. The van der Waals surface area contributed by atoms with E-state index in [0.29, 0.717) is 18.1 Å². The zero-order valence-electron chi connectivity index (χ0n) is 15.1. The van der Waals surface area contributed by atoms with Gasteiger partial charge in [-0.2, -0.15) is 0 Å². The number of pyridine rings is 1. The molecule has 2 N–H and O–H groups in total. The van der Waals surface area contributed by atoms with Crippen molar-refractivity contribution in [3.8, 4) is 11.3 Å². The summed E-state index contributed by atoms with van der Waals surface area (Å²) < 4.78 is 7.28. The second-order valence-corrected chi connectivity index (χ2v) is 7.91. The van der Waals surface area contributed by atoms with Gasteiger partial charge in [-0.15, -0.1) is 0 Å². The van der Waals surface area contributed by atoms with Crippen molar-refractivity contribution >= 4 is 33.3 Å². The van der Waals surface area contributed by atoms with Gasteiger partial charge in [-0.3, -0.25) is 4.98 Å². The maximum atomic E-state index is 9.30. The lowest BCUT2D eigenvalue weighted by atomic mass is 10.0. The molecule has 3 heterocycles. The lowest BCUT2D eigenvalue weighted by molar-refractivity contribution is 0.233. The normalized spacial score (nSPS) is 19.1. The van der Waals surface area contributed by atoms with Gasteiger partial charge in [0, 0.05) is 29.4 Å². The highest BCUT2D eigenvalue weighted by Crippen LogP contribution is 2.40. The first kappa shape index (κ1) is 19.1. The van der Waals surface area contributed by atoms with Crippen molar-refractivity contribution in [2.24, 2.45) is 0 Å². The molecule has 3 aromatic rings. The molecule has 2 atom stereocenters. The Balaban J connectivity index is 1.70. The number of aliphatic hydroxyl groups is 1. The molecule has 1 saturated heterocycles. The molecule has 0 unspecified atom stereocenters. The molecule has 0 aliphatic carbocycles. The Bertz CT molecular complexity index is 946. The highest BCUT2D eigenvalue weighted by Gasteiger charge is 2.41. The number of nitrogens with one attached hydrogen (secondary N) is 1. The van der Waals surface area contributed by atoms with Crippen LogP contribution in [0.5, 0.6) is 0 Å². The van der Waals surface area contributed by atoms with Crippen molar-refractivity contribution in [2.45, 2.75) is 18.5 Å². The highest BCUT2D eigenvalue weighted by molar-refractivity contribution is 9.10. The number of benzene rings is 1. The standard InChI is InChI=1S/C21H20BrN3O2S/c22-15-7-5-14(6-8-15)17-9-10-18(27-17)20-19(16-4-1-2-11-23-16)24-21(28)25(20)12-3-13-26/h1-2,4-11,19-20,26H,3,12-13H2,(H,24,28)/t19-,20-/m1/s1. The van der Waals surface area contributed by atoms with Crippen LogP contribution >= 0.6 is 28.1 Å². The number of nitrogens with zero attached hydrogens (tertiary/aromatic N) is 2. The average Bonchev–Trinajstić information content (AvgIpc) is 3.32. The summed E-state index contributed by atoms with van der Waals surface area (Å²) in [6.07, 6.45) is 2.41. The van der Waals surface area contributed by atoms with Crippen molar-refractivity contribution in [3.05, 3.63) is 76.7 Å². The van der Waals surface area contributed by atoms with Gasteiger partial charge >= 0.3 is 0 Å². The van der Waals surface area contributed by atoms with Crippen LogP contribution in [0.25, 0.3) is 11.3 Å². The number of aromatic nitrogens is 1. The molecule has 7 heteroatoms. The van der Waals surface area contributed by atoms with Crippen LogP contribution in [-0.2, 0) is 0 Å². The Labute approximate surface area is 177 Å². The summed E-state index contributed by atoms with van der Waals surface area (Å²) in [5.74, 6) is 1.63. The molecule has 0 spiro atoms. The molecule has 1 aliphatic heterocycles. The fourth-order valence-corrected chi connectivity index (χ4v) is 4.07. The molecule has 1 aromatic carbocycles. The van der Waals surface area contributed by atoms with E-state index in [-0.39, 0.29) is 18.7 Å². The Hall–Kier alpha value is -2.22. The molecule has 0 bridgehead atoms. The summed E-state index contributed by atoms with van der Waals surface area (Å²) in [7, 11) is 0. The van der Waals surface area contributed by atoms with Gasteiger partial charge < -0.3 is 19.7 Å². The Morgan fingerprint density at radius 2 is 1.96 bits per heavy atom. The van der Waals surface area contributed by atoms with Gasteiger partial charge in [-0.05, 0) is 55.0 Å². The van der Waals surface area contributed by atoms with Crippen LogP contribution in [0.2, 0.25) is 0 Å². The minimum absolute atomic E-state index is 0.113. The van der Waals surface area contributed by atoms with Crippen LogP contribution in [0.1, 0.15) is 30.0 Å². The maximum Gasteiger partial charge on any atom is 0.170 e. The molecule has 1 fully saturated rings. The fraction of sp³-hybridized carbons (Fsp3) is 0.238. The number of thiocarbonyl (C=S) groups is 1. The van der Waals surface area contributed by atoms with E-state index in [4.69, 9.17) is 16.6 Å². The minimum Gasteiger partial charge on any atom is -0.459 e. The number of halogens is 1. The van der Waals surface area contributed by atoms with Gasteiger partial charge in [0.05, 0.1) is 11.7 Å². The number of hydrogen-bond donors (Lipinski definition) is 2. The van der Waals surface area contributed by atoms with Crippen LogP contribution < -0.4 is 5.32 Å². The smallest absolute Gasteiger partial charge is 0.170 e. The zero-order valence-corrected chi connectivity index (χ0v) is 17.5. The first-order valence-corrected chi connectivity index (χ1v) is 10.3. The molecule has 1 aliphatic rings. The van der Waals surface area contributed by atoms with Gasteiger partial charge in [-0.25, -0.2) is 0 Å². The Morgan fingerprint density at radius 1 is 1.14 bits per heavy atom. The third-order valence-electron chi connectivity index (χ3n) is 4.80. The highest BCUT2D eigenvalue weighted by atomic mass is 79.9. The van der Waals surface area contributed by atoms with Crippen LogP contribution in [0.15, 0.2) is 69.7 Å². The molecule has 2 aromatic heterocycles. The van der Waals surface area contributed by atoms with Crippen LogP contribution in [0.4, 0.5) is 0 Å². The Kier molecular flexibility index (Phi) is 5.75. The quantitative estimate of drug-likeness (QED) is 0.532. The van der Waals surface area contributed by atoms with E-state index >= 15 is 0 Å². The molecule has 0 amide bonds. The van der Waals surface area contributed by atoms with Crippen LogP contribution in [0.3, 0.4) is 0 Å². The number of furan rings is 1. The number of aliphatic hydroxyl groups excluding tert-OH is 1. The fourth-order valence-electron chi connectivity index (χ4n) is 3.48. The molecule has 28 heavy (non-hydrogen) atoms. The number of hydrogen-bond acceptors (Lipinski definition) is 4. The van der Waals surface area contributed by atoms with Gasteiger partial charge in [0.2, 0.25) is 0 Å². The monoisotopic (exact) mass is 457 g/mol. The zero-order chi connectivity index (χ0) is 19.5. The molecular weight excluding hydrogens is 438 g/mol. The summed E-state index contributed by atoms with van der Waals surface area (Å²) >= 11 is 9.04. The summed E-state index contributed by atoms with van der Waals surface area (Å²) in [5, 5.41) is 13.3. The predicted molar refractivity (Wildman–Crippen MR) is 116 cm³/mol. The minimum atomic E-state index is -0.127. The molecule has 0 radical (unpaired) electrons. The van der Waals surface area contributed by atoms with E-state index in [2.05, 4.69) is 31.1 Å². The summed E-state index contributed by atoms with van der Waals surface area (Å²) in [6.45, 7) is 0.757. The molecule has 4 rings (SSSR count). The van der Waals surface area contributed by atoms with E-state index in [9.17, 15) is 5.11 Å². The summed E-state index contributed by atoms with van der Waals surface area (Å²) in [5.41, 5.74) is 1.92. The largest absolute Gasteiger partial charge is 0.459 e. The van der Waals surface area contributed by atoms with Gasteiger partial charge in [-0.1, -0.05) is 34.1 Å². The number of rotatable bonds is 6.